The van der Waals surface area contributed by atoms with Gasteiger partial charge in [-0.1, -0.05) is 29.8 Å². The highest BCUT2D eigenvalue weighted by Gasteiger charge is 2.17. The van der Waals surface area contributed by atoms with E-state index in [-0.39, 0.29) is 5.56 Å². The van der Waals surface area contributed by atoms with Crippen LogP contribution < -0.4 is 0 Å². The molecule has 122 valence electrons. The summed E-state index contributed by atoms with van der Waals surface area (Å²) in [5, 5.41) is 20.0. The van der Waals surface area contributed by atoms with Crippen molar-refractivity contribution in [2.45, 2.75) is 13.0 Å². The van der Waals surface area contributed by atoms with Crippen molar-refractivity contribution in [3.8, 4) is 11.1 Å². The van der Waals surface area contributed by atoms with Gasteiger partial charge in [0.2, 0.25) is 0 Å². The molecule has 0 aliphatic heterocycles. The second kappa shape index (κ2) is 6.29. The smallest absolute Gasteiger partial charge is 0.335 e. The summed E-state index contributed by atoms with van der Waals surface area (Å²) < 4.78 is 1.71. The molecule has 0 spiro atoms. The first-order chi connectivity index (χ1) is 11.5. The van der Waals surface area contributed by atoms with Crippen LogP contribution in [0.25, 0.3) is 11.1 Å². The summed E-state index contributed by atoms with van der Waals surface area (Å²) in [4.78, 5) is 15.5. The Balaban J connectivity index is 2.11. The minimum atomic E-state index is -1.03. The molecule has 1 unspecified atom stereocenters. The Kier molecular flexibility index (Phi) is 4.18. The molecule has 0 saturated carbocycles. The van der Waals surface area contributed by atoms with Gasteiger partial charge in [-0.2, -0.15) is 0 Å². The van der Waals surface area contributed by atoms with Crippen LogP contribution in [0.5, 0.6) is 0 Å². The molecule has 24 heavy (non-hydrogen) atoms. The topological polar surface area (TPSA) is 75.3 Å². The van der Waals surface area contributed by atoms with E-state index in [1.54, 1.807) is 30.2 Å². The second-order valence-corrected chi connectivity index (χ2v) is 5.85. The van der Waals surface area contributed by atoms with E-state index in [0.717, 1.165) is 16.7 Å². The largest absolute Gasteiger partial charge is 0.478 e. The van der Waals surface area contributed by atoms with Gasteiger partial charge in [0.25, 0.3) is 0 Å². The Morgan fingerprint density at radius 2 is 1.83 bits per heavy atom. The third-order valence-electron chi connectivity index (χ3n) is 4.04. The highest BCUT2D eigenvalue weighted by atomic mass is 16.4. The van der Waals surface area contributed by atoms with Gasteiger partial charge < -0.3 is 14.8 Å². The number of aromatic carboxylic acids is 1. The molecule has 3 rings (SSSR count). The van der Waals surface area contributed by atoms with Crippen molar-refractivity contribution in [1.82, 2.24) is 9.55 Å². The number of imidazole rings is 1. The van der Waals surface area contributed by atoms with E-state index in [1.165, 1.54) is 6.07 Å². The summed E-state index contributed by atoms with van der Waals surface area (Å²) in [5.74, 6) is -1.03. The predicted molar refractivity (Wildman–Crippen MR) is 90.8 cm³/mol. The third-order valence-corrected chi connectivity index (χ3v) is 4.04. The lowest BCUT2D eigenvalue weighted by Crippen LogP contribution is -2.07. The minimum absolute atomic E-state index is 0.143. The summed E-state index contributed by atoms with van der Waals surface area (Å²) in [6.07, 6.45) is 2.23. The molecule has 0 aliphatic carbocycles. The van der Waals surface area contributed by atoms with Crippen LogP contribution >= 0.6 is 0 Å². The van der Waals surface area contributed by atoms with Crippen LogP contribution in [0.4, 0.5) is 0 Å². The Morgan fingerprint density at radius 3 is 2.42 bits per heavy atom. The van der Waals surface area contributed by atoms with E-state index in [0.29, 0.717) is 11.3 Å². The number of aliphatic hydroxyl groups excluding tert-OH is 1. The number of aryl methyl sites for hydroxylation is 2. The molecular weight excluding hydrogens is 304 g/mol. The minimum Gasteiger partial charge on any atom is -0.478 e. The van der Waals surface area contributed by atoms with Crippen molar-refractivity contribution in [3.63, 3.8) is 0 Å². The summed E-state index contributed by atoms with van der Waals surface area (Å²) in [6.45, 7) is 2.00. The van der Waals surface area contributed by atoms with Crippen LogP contribution in [0.1, 0.15) is 33.3 Å². The zero-order valence-electron chi connectivity index (χ0n) is 13.5. The number of hydrogen-bond acceptors (Lipinski definition) is 3. The van der Waals surface area contributed by atoms with Gasteiger partial charge in [0, 0.05) is 7.05 Å². The van der Waals surface area contributed by atoms with E-state index in [2.05, 4.69) is 4.98 Å². The average Bonchev–Trinajstić information content (AvgIpc) is 3.00. The maximum atomic E-state index is 11.5. The zero-order valence-corrected chi connectivity index (χ0v) is 13.5. The number of rotatable bonds is 4. The summed E-state index contributed by atoms with van der Waals surface area (Å²) in [7, 11) is 1.79. The molecule has 0 aliphatic rings. The van der Waals surface area contributed by atoms with Crippen LogP contribution in [0, 0.1) is 6.92 Å². The predicted octanol–water partition coefficient (Wildman–Crippen LogP) is 3.18. The Labute approximate surface area is 139 Å². The maximum absolute atomic E-state index is 11.5. The Hall–Kier alpha value is -2.92. The maximum Gasteiger partial charge on any atom is 0.335 e. The molecule has 1 heterocycles. The quantitative estimate of drug-likeness (QED) is 0.773. The monoisotopic (exact) mass is 322 g/mol. The van der Waals surface area contributed by atoms with Gasteiger partial charge in [-0.25, -0.2) is 9.78 Å². The number of carboxylic acids is 1. The summed E-state index contributed by atoms with van der Waals surface area (Å²) in [5.41, 5.74) is 4.06. The molecule has 0 fully saturated rings. The summed E-state index contributed by atoms with van der Waals surface area (Å²) in [6, 6.07) is 12.8. The number of aromatic nitrogens is 2. The first-order valence-corrected chi connectivity index (χ1v) is 7.55. The van der Waals surface area contributed by atoms with Crippen LogP contribution in [0.2, 0.25) is 0 Å². The van der Waals surface area contributed by atoms with Crippen LogP contribution in [0.15, 0.2) is 55.0 Å². The number of hydrogen-bond donors (Lipinski definition) is 2. The van der Waals surface area contributed by atoms with Gasteiger partial charge in [-0.05, 0) is 41.8 Å². The molecule has 2 N–H and O–H groups in total. The number of carbonyl (C=O) groups is 1. The Morgan fingerprint density at radius 1 is 1.12 bits per heavy atom. The molecule has 0 amide bonds. The number of nitrogens with zero attached hydrogens (tertiary/aromatic N) is 2. The van der Waals surface area contributed by atoms with Gasteiger partial charge in [0.1, 0.15) is 6.10 Å². The molecule has 3 aromatic rings. The summed E-state index contributed by atoms with van der Waals surface area (Å²) >= 11 is 0. The fraction of sp³-hybridized carbons (Fsp3) is 0.158. The molecule has 2 aromatic carbocycles. The highest BCUT2D eigenvalue weighted by Crippen LogP contribution is 2.28. The SMILES string of the molecule is Cc1ccc(-c2cc(C(=O)O)cc(C(O)c3cncn3C)c2)cc1. The van der Waals surface area contributed by atoms with Gasteiger partial charge in [0.15, 0.2) is 0 Å². The second-order valence-electron chi connectivity index (χ2n) is 5.85. The van der Waals surface area contributed by atoms with Crippen molar-refractivity contribution in [1.29, 1.82) is 0 Å². The number of benzene rings is 2. The molecule has 0 bridgehead atoms. The lowest BCUT2D eigenvalue weighted by molar-refractivity contribution is 0.0696. The molecule has 5 nitrogen and oxygen atoms in total. The van der Waals surface area contributed by atoms with E-state index < -0.39 is 12.1 Å². The van der Waals surface area contributed by atoms with Crippen molar-refractivity contribution in [2.75, 3.05) is 0 Å². The van der Waals surface area contributed by atoms with E-state index >= 15 is 0 Å². The van der Waals surface area contributed by atoms with Crippen molar-refractivity contribution >= 4 is 5.97 Å². The molecular formula is C19H18N2O3. The first-order valence-electron chi connectivity index (χ1n) is 7.55. The van der Waals surface area contributed by atoms with E-state index in [4.69, 9.17) is 0 Å². The zero-order chi connectivity index (χ0) is 17.3. The Bertz CT molecular complexity index is 882. The van der Waals surface area contributed by atoms with E-state index in [9.17, 15) is 15.0 Å². The van der Waals surface area contributed by atoms with Crippen LogP contribution in [0.3, 0.4) is 0 Å². The molecule has 1 aromatic heterocycles. The van der Waals surface area contributed by atoms with Gasteiger partial charge >= 0.3 is 5.97 Å². The molecule has 0 saturated heterocycles. The average molecular weight is 322 g/mol. The van der Waals surface area contributed by atoms with Crippen molar-refractivity contribution in [2.24, 2.45) is 7.05 Å². The molecule has 0 radical (unpaired) electrons. The van der Waals surface area contributed by atoms with Gasteiger partial charge in [0.05, 0.1) is 23.8 Å². The van der Waals surface area contributed by atoms with Gasteiger partial charge in [-0.15, -0.1) is 0 Å². The first kappa shape index (κ1) is 16.0. The molecule has 5 heteroatoms. The lowest BCUT2D eigenvalue weighted by atomic mass is 9.96. The fourth-order valence-corrected chi connectivity index (χ4v) is 2.65. The van der Waals surface area contributed by atoms with Crippen molar-refractivity contribution in [3.05, 3.63) is 77.4 Å². The third kappa shape index (κ3) is 3.07. The normalized spacial score (nSPS) is 12.1. The molecule has 1 atom stereocenters. The fourth-order valence-electron chi connectivity index (χ4n) is 2.65. The lowest BCUT2D eigenvalue weighted by Gasteiger charge is -2.14. The standard InChI is InChI=1S/C19H18N2O3/c1-12-3-5-13(6-4-12)14-7-15(9-16(8-14)19(23)24)18(22)17-10-20-11-21(17)2/h3-11,18,22H,1-2H3,(H,23,24). The van der Waals surface area contributed by atoms with Crippen LogP contribution in [-0.2, 0) is 7.05 Å². The van der Waals surface area contributed by atoms with Crippen LogP contribution in [-0.4, -0.2) is 25.7 Å². The number of carboxylic acid groups (broad SMARTS) is 1. The highest BCUT2D eigenvalue weighted by molar-refractivity contribution is 5.90. The van der Waals surface area contributed by atoms with E-state index in [1.807, 2.05) is 37.3 Å². The van der Waals surface area contributed by atoms with Gasteiger partial charge in [-0.3, -0.25) is 0 Å². The van der Waals surface area contributed by atoms with Crippen molar-refractivity contribution < 1.29 is 15.0 Å². The number of aliphatic hydroxyl groups is 1.